The minimum atomic E-state index is -0.237. The van der Waals surface area contributed by atoms with E-state index in [0.717, 1.165) is 47.9 Å². The number of hydrogen-bond donors (Lipinski definition) is 0. The van der Waals surface area contributed by atoms with E-state index in [0.29, 0.717) is 16.9 Å². The monoisotopic (exact) mass is 737 g/mol. The van der Waals surface area contributed by atoms with Gasteiger partial charge in [0.1, 0.15) is 0 Å². The van der Waals surface area contributed by atoms with Crippen molar-refractivity contribution >= 4 is 48.4 Å². The molecule has 3 atom stereocenters. The fourth-order valence-electron chi connectivity index (χ4n) is 9.88. The van der Waals surface area contributed by atoms with Gasteiger partial charge in [-0.15, -0.1) is 16.2 Å². The first kappa shape index (κ1) is 30.7. The predicted octanol–water partition coefficient (Wildman–Crippen LogP) is 10.2. The molecule has 5 aliphatic rings. The van der Waals surface area contributed by atoms with Crippen LogP contribution in [0.15, 0.2) is 84.9 Å². The molecule has 0 saturated heterocycles. The molecule has 4 saturated carbocycles. The molecule has 3 nitrogen and oxygen atoms in total. The maximum absolute atomic E-state index is 6.70. The van der Waals surface area contributed by atoms with Gasteiger partial charge in [-0.2, -0.15) is 0 Å². The molecular formula is C40H41Cl2N2ORu+2. The third-order valence-electron chi connectivity index (χ3n) is 11.9. The van der Waals surface area contributed by atoms with E-state index in [1.54, 1.807) is 0 Å². The van der Waals surface area contributed by atoms with E-state index in [-0.39, 0.29) is 21.1 Å². The number of nitrogens with zero attached hydrogens (tertiary/aromatic N) is 2. The normalized spacial score (nSPS) is 29.0. The van der Waals surface area contributed by atoms with Crippen molar-refractivity contribution in [2.45, 2.75) is 63.3 Å². The van der Waals surface area contributed by atoms with Crippen LogP contribution in [0.25, 0.3) is 10.8 Å². The molecule has 1 aliphatic heterocycles. The van der Waals surface area contributed by atoms with Gasteiger partial charge in [-0.05, 0) is 60.5 Å². The fourth-order valence-corrected chi connectivity index (χ4v) is 11.2. The first-order valence-corrected chi connectivity index (χ1v) is 20.4. The summed E-state index contributed by atoms with van der Waals surface area (Å²) < 4.78 is 12.9. The molecule has 1 spiro atoms. The van der Waals surface area contributed by atoms with Crippen molar-refractivity contribution in [1.82, 2.24) is 0 Å². The molecule has 9 rings (SSSR count). The molecular weight excluding hydrogens is 696 g/mol. The van der Waals surface area contributed by atoms with Gasteiger partial charge in [0, 0.05) is 23.8 Å². The van der Waals surface area contributed by atoms with Crippen LogP contribution >= 0.6 is 21.3 Å². The van der Waals surface area contributed by atoms with Gasteiger partial charge in [-0.25, -0.2) is 0 Å². The Kier molecular flexibility index (Phi) is 7.89. The summed E-state index contributed by atoms with van der Waals surface area (Å²) in [6.07, 6.45) is 5.88. The zero-order valence-electron chi connectivity index (χ0n) is 26.7. The summed E-state index contributed by atoms with van der Waals surface area (Å²) in [5, 5.41) is 2.63. The van der Waals surface area contributed by atoms with Crippen LogP contribution in [0.1, 0.15) is 74.4 Å². The van der Waals surface area contributed by atoms with Crippen LogP contribution in [-0.2, 0) is 15.7 Å². The molecule has 237 valence electrons. The van der Waals surface area contributed by atoms with Gasteiger partial charge in [0.25, 0.3) is 0 Å². The molecule has 3 unspecified atom stereocenters. The topological polar surface area (TPSA) is 15.2 Å². The second-order valence-corrected chi connectivity index (χ2v) is 16.7. The van der Waals surface area contributed by atoms with Crippen molar-refractivity contribution < 1.29 is 29.6 Å². The molecule has 0 N–H and O–H groups in total. The zero-order chi connectivity index (χ0) is 31.6. The molecule has 6 heteroatoms. The Morgan fingerprint density at radius 2 is 1.61 bits per heavy atom. The maximum atomic E-state index is 6.70. The molecule has 4 aliphatic carbocycles. The minimum absolute atomic E-state index is 0.0106. The Labute approximate surface area is 289 Å². The number of ether oxygens (including phenoxy) is 1. The number of alkyl halides is 1. The summed E-state index contributed by atoms with van der Waals surface area (Å²) in [5.74, 6) is 5.33. The molecule has 4 aromatic rings. The van der Waals surface area contributed by atoms with E-state index in [1.165, 1.54) is 53.3 Å². The van der Waals surface area contributed by atoms with Crippen LogP contribution in [0, 0.1) is 23.2 Å². The van der Waals surface area contributed by atoms with Gasteiger partial charge in [0.2, 0.25) is 18.8 Å². The van der Waals surface area contributed by atoms with Crippen LogP contribution < -0.4 is 4.74 Å². The first-order valence-electron chi connectivity index (χ1n) is 16.7. The summed E-state index contributed by atoms with van der Waals surface area (Å²) in [5.41, 5.74) is 6.14. The molecule has 0 bridgehead atoms. The van der Waals surface area contributed by atoms with Crippen LogP contribution in [0.3, 0.4) is 0 Å². The number of hydrogen-bond acceptors (Lipinski definition) is 1. The van der Waals surface area contributed by atoms with Crippen molar-refractivity contribution in [3.05, 3.63) is 102 Å². The Hall–Kier alpha value is -2.61. The van der Waals surface area contributed by atoms with Gasteiger partial charge in [-0.1, -0.05) is 42.7 Å². The van der Waals surface area contributed by atoms with Crippen molar-refractivity contribution in [2.75, 3.05) is 13.1 Å². The predicted molar refractivity (Wildman–Crippen MR) is 185 cm³/mol. The van der Waals surface area contributed by atoms with Crippen molar-refractivity contribution in [3.8, 4) is 11.5 Å². The van der Waals surface area contributed by atoms with Gasteiger partial charge in [-0.3, -0.25) is 0 Å². The Balaban J connectivity index is 0.000000166. The second kappa shape index (κ2) is 11.8. The first-order chi connectivity index (χ1) is 22.4. The van der Waals surface area contributed by atoms with E-state index < -0.39 is 0 Å². The Morgan fingerprint density at radius 1 is 0.891 bits per heavy atom. The number of para-hydroxylation sites is 2. The Bertz CT molecular complexity index is 1900. The summed E-state index contributed by atoms with van der Waals surface area (Å²) in [6, 6.07) is 33.0. The SMILES string of the molecule is CC(C)c1ccc2ccc(C(C)Cl)c([N+]3=C=[N+](C45CC6CC7CC(C4)C765)CC3)c2c1.[Cl][Ru]=[CH]c1ccccc1Oc1ccccc1. The van der Waals surface area contributed by atoms with Gasteiger partial charge < -0.3 is 0 Å². The van der Waals surface area contributed by atoms with Crippen molar-refractivity contribution in [1.29, 1.82) is 0 Å². The number of fused-ring (bicyclic) bond motifs is 1. The number of benzene rings is 4. The van der Waals surface area contributed by atoms with E-state index in [9.17, 15) is 0 Å². The summed E-state index contributed by atoms with van der Waals surface area (Å²) in [7, 11) is 5.79. The quantitative estimate of drug-likeness (QED) is 0.105. The summed E-state index contributed by atoms with van der Waals surface area (Å²) >= 11 is 6.46. The second-order valence-electron chi connectivity index (χ2n) is 14.2. The van der Waals surface area contributed by atoms with E-state index in [4.69, 9.17) is 26.0 Å². The van der Waals surface area contributed by atoms with Gasteiger partial charge in [0.05, 0.1) is 10.8 Å². The van der Waals surface area contributed by atoms with E-state index >= 15 is 0 Å². The average Bonchev–Trinajstić information content (AvgIpc) is 3.51. The molecule has 0 aromatic heterocycles. The van der Waals surface area contributed by atoms with Crippen LogP contribution in [-0.4, -0.2) is 38.4 Å². The summed E-state index contributed by atoms with van der Waals surface area (Å²) in [6.45, 7) is 8.79. The standard InChI is InChI=1S/C27H31ClN2.C13H10O.ClH.Ru/c1-16(2)19-5-4-18-6-7-23(17(3)28)25(24(18)10-19)29-8-9-30(15-29)26-13-21-11-20-12-22(14-26)27(20,21)26;1-11-7-5-6-10-13(11)14-12-8-3-2-4-9-12;;/h4-7,10,16-17,20-22H,8-9,11-14H2,1-3H3;1-10H;1H;/q+2;;;+1/p-1. The third kappa shape index (κ3) is 4.58. The molecule has 0 amide bonds. The van der Waals surface area contributed by atoms with Crippen molar-refractivity contribution in [2.24, 2.45) is 23.2 Å². The molecule has 0 radical (unpaired) electrons. The van der Waals surface area contributed by atoms with Crippen molar-refractivity contribution in [3.63, 3.8) is 0 Å². The zero-order valence-corrected chi connectivity index (χ0v) is 30.0. The molecule has 4 aromatic carbocycles. The Morgan fingerprint density at radius 3 is 2.28 bits per heavy atom. The number of rotatable bonds is 7. The van der Waals surface area contributed by atoms with E-state index in [2.05, 4.69) is 66.3 Å². The van der Waals surface area contributed by atoms with Crippen LogP contribution in [0.4, 0.5) is 5.69 Å². The molecule has 1 heterocycles. The van der Waals surface area contributed by atoms with Gasteiger partial charge >= 0.3 is 112 Å². The third-order valence-corrected chi connectivity index (χ3v) is 13.3. The molecule has 46 heavy (non-hydrogen) atoms. The van der Waals surface area contributed by atoms with E-state index in [1.807, 2.05) is 59.2 Å². The van der Waals surface area contributed by atoms with Crippen LogP contribution in [0.5, 0.6) is 11.5 Å². The number of halogens is 2. The molecule has 4 fully saturated rings. The summed E-state index contributed by atoms with van der Waals surface area (Å²) in [4.78, 5) is 0. The fraction of sp³-hybridized carbons (Fsp3) is 0.400. The average molecular weight is 738 g/mol. The van der Waals surface area contributed by atoms with Crippen LogP contribution in [0.2, 0.25) is 0 Å². The van der Waals surface area contributed by atoms with Gasteiger partial charge in [0.15, 0.2) is 5.54 Å².